The normalized spacial score (nSPS) is 18.1. The maximum Gasteiger partial charge on any atom is 0.254 e. The Hall–Kier alpha value is -2.87. The molecule has 1 aromatic heterocycles. The lowest BCUT2D eigenvalue weighted by Gasteiger charge is -2.33. The highest BCUT2D eigenvalue weighted by atomic mass is 79.9. The molecule has 0 N–H and O–H groups in total. The second-order valence-electron chi connectivity index (χ2n) is 7.04. The van der Waals surface area contributed by atoms with Crippen LogP contribution < -0.4 is 9.47 Å². The van der Waals surface area contributed by atoms with E-state index in [9.17, 15) is 4.79 Å². The Morgan fingerprint density at radius 3 is 2.76 bits per heavy atom. The van der Waals surface area contributed by atoms with Crippen molar-refractivity contribution in [3.05, 3.63) is 58.4 Å². The third-order valence-corrected chi connectivity index (χ3v) is 5.74. The van der Waals surface area contributed by atoms with Crippen LogP contribution in [-0.2, 0) is 0 Å². The van der Waals surface area contributed by atoms with E-state index in [1.165, 1.54) is 0 Å². The molecule has 2 aromatic carbocycles. The molecule has 3 heterocycles. The number of hydrogen-bond acceptors (Lipinski definition) is 6. The number of benzene rings is 2. The van der Waals surface area contributed by atoms with Gasteiger partial charge in [0.25, 0.3) is 5.91 Å². The number of hydrogen-bond donors (Lipinski definition) is 0. The first kappa shape index (κ1) is 18.2. The first-order chi connectivity index (χ1) is 14.2. The van der Waals surface area contributed by atoms with Crippen LogP contribution in [0, 0.1) is 0 Å². The van der Waals surface area contributed by atoms with Crippen LogP contribution in [0.3, 0.4) is 0 Å². The Labute approximate surface area is 175 Å². The fraction of sp³-hybridized carbons (Fsp3) is 0.286. The van der Waals surface area contributed by atoms with Crippen molar-refractivity contribution in [2.45, 2.75) is 25.3 Å². The molecule has 3 aromatic rings. The van der Waals surface area contributed by atoms with Gasteiger partial charge in [0.2, 0.25) is 18.5 Å². The first-order valence-corrected chi connectivity index (χ1v) is 10.3. The van der Waals surface area contributed by atoms with Gasteiger partial charge in [-0.05, 0) is 61.7 Å². The molecule has 0 radical (unpaired) electrons. The van der Waals surface area contributed by atoms with Crippen LogP contribution in [-0.4, -0.2) is 34.3 Å². The van der Waals surface area contributed by atoms with Crippen LogP contribution in [0.4, 0.5) is 0 Å². The summed E-state index contributed by atoms with van der Waals surface area (Å²) in [5, 5.41) is 4.13. The Morgan fingerprint density at radius 2 is 1.90 bits per heavy atom. The third kappa shape index (κ3) is 3.48. The molecule has 29 heavy (non-hydrogen) atoms. The minimum Gasteiger partial charge on any atom is -0.454 e. The molecular weight excluding hydrogens is 438 g/mol. The zero-order valence-electron chi connectivity index (χ0n) is 15.5. The molecule has 0 saturated carbocycles. The standard InChI is InChI=1S/C21H18BrN3O4/c22-15-7-4-13(5-8-15)19-23-20(29-24-19)16-3-1-2-10-25(16)21(26)14-6-9-17-18(11-14)28-12-27-17/h4-9,11,16H,1-3,10,12H2. The monoisotopic (exact) mass is 455 g/mol. The second-order valence-corrected chi connectivity index (χ2v) is 7.96. The van der Waals surface area contributed by atoms with Gasteiger partial charge in [0, 0.05) is 22.1 Å². The predicted octanol–water partition coefficient (Wildman–Crippen LogP) is 4.60. The van der Waals surface area contributed by atoms with Gasteiger partial charge in [-0.25, -0.2) is 0 Å². The van der Waals surface area contributed by atoms with E-state index in [1.807, 2.05) is 29.2 Å². The summed E-state index contributed by atoms with van der Waals surface area (Å²) in [4.78, 5) is 19.6. The van der Waals surface area contributed by atoms with Gasteiger partial charge in [0.1, 0.15) is 6.04 Å². The van der Waals surface area contributed by atoms with E-state index in [1.54, 1.807) is 18.2 Å². The second kappa shape index (κ2) is 7.51. The largest absolute Gasteiger partial charge is 0.454 e. The van der Waals surface area contributed by atoms with Crippen molar-refractivity contribution in [2.24, 2.45) is 0 Å². The fourth-order valence-electron chi connectivity index (χ4n) is 3.71. The molecule has 5 rings (SSSR count). The lowest BCUT2D eigenvalue weighted by atomic mass is 10.0. The van der Waals surface area contributed by atoms with Gasteiger partial charge >= 0.3 is 0 Å². The number of likely N-dealkylation sites (tertiary alicyclic amines) is 1. The van der Waals surface area contributed by atoms with E-state index in [-0.39, 0.29) is 18.7 Å². The van der Waals surface area contributed by atoms with E-state index in [4.69, 9.17) is 14.0 Å². The molecule has 1 amide bonds. The number of halogens is 1. The summed E-state index contributed by atoms with van der Waals surface area (Å²) >= 11 is 3.43. The van der Waals surface area contributed by atoms with Gasteiger partial charge < -0.3 is 18.9 Å². The zero-order valence-corrected chi connectivity index (χ0v) is 17.1. The zero-order chi connectivity index (χ0) is 19.8. The molecule has 0 spiro atoms. The number of ether oxygens (including phenoxy) is 2. The highest BCUT2D eigenvalue weighted by Crippen LogP contribution is 2.36. The molecule has 7 nitrogen and oxygen atoms in total. The highest BCUT2D eigenvalue weighted by molar-refractivity contribution is 9.10. The van der Waals surface area contributed by atoms with Crippen molar-refractivity contribution in [1.82, 2.24) is 15.0 Å². The maximum absolute atomic E-state index is 13.2. The fourth-order valence-corrected chi connectivity index (χ4v) is 3.98. The molecular formula is C21H18BrN3O4. The topological polar surface area (TPSA) is 77.7 Å². The van der Waals surface area contributed by atoms with E-state index in [0.717, 1.165) is 29.3 Å². The minimum atomic E-state index is -0.238. The van der Waals surface area contributed by atoms with Crippen LogP contribution in [0.2, 0.25) is 0 Å². The van der Waals surface area contributed by atoms with E-state index in [0.29, 0.717) is 35.3 Å². The van der Waals surface area contributed by atoms with Crippen LogP contribution in [0.5, 0.6) is 11.5 Å². The van der Waals surface area contributed by atoms with Crippen LogP contribution in [0.15, 0.2) is 51.5 Å². The van der Waals surface area contributed by atoms with Crippen molar-refractivity contribution in [3.63, 3.8) is 0 Å². The number of amides is 1. The lowest BCUT2D eigenvalue weighted by molar-refractivity contribution is 0.0561. The van der Waals surface area contributed by atoms with Gasteiger partial charge in [-0.2, -0.15) is 4.98 Å². The van der Waals surface area contributed by atoms with Crippen molar-refractivity contribution in [2.75, 3.05) is 13.3 Å². The molecule has 148 valence electrons. The maximum atomic E-state index is 13.2. The number of nitrogens with zero attached hydrogens (tertiary/aromatic N) is 3. The van der Waals surface area contributed by atoms with E-state index < -0.39 is 0 Å². The Bertz CT molecular complexity index is 1050. The van der Waals surface area contributed by atoms with E-state index in [2.05, 4.69) is 26.1 Å². The summed E-state index contributed by atoms with van der Waals surface area (Å²) in [7, 11) is 0. The molecule has 1 atom stereocenters. The first-order valence-electron chi connectivity index (χ1n) is 9.49. The van der Waals surface area contributed by atoms with Crippen LogP contribution in [0.1, 0.15) is 41.6 Å². The van der Waals surface area contributed by atoms with Crippen molar-refractivity contribution >= 4 is 21.8 Å². The Balaban J connectivity index is 1.41. The van der Waals surface area contributed by atoms with Gasteiger partial charge in [0.15, 0.2) is 11.5 Å². The molecule has 0 bridgehead atoms. The molecule has 8 heteroatoms. The van der Waals surface area contributed by atoms with Crippen molar-refractivity contribution < 1.29 is 18.8 Å². The molecule has 2 aliphatic rings. The summed E-state index contributed by atoms with van der Waals surface area (Å²) in [5.41, 5.74) is 1.43. The van der Waals surface area contributed by atoms with Gasteiger partial charge in [-0.15, -0.1) is 0 Å². The number of rotatable bonds is 3. The minimum absolute atomic E-state index is 0.0728. The molecule has 0 aliphatic carbocycles. The summed E-state index contributed by atoms with van der Waals surface area (Å²) in [6.07, 6.45) is 2.74. The average Bonchev–Trinajstić information content (AvgIpc) is 3.43. The Kier molecular flexibility index (Phi) is 4.71. The molecule has 2 aliphatic heterocycles. The number of piperidine rings is 1. The van der Waals surface area contributed by atoms with Crippen LogP contribution in [0.25, 0.3) is 11.4 Å². The SMILES string of the molecule is O=C(c1ccc2c(c1)OCO2)N1CCCCC1c1nc(-c2ccc(Br)cc2)no1. The lowest BCUT2D eigenvalue weighted by Crippen LogP contribution is -2.38. The van der Waals surface area contributed by atoms with Gasteiger partial charge in [0.05, 0.1) is 0 Å². The summed E-state index contributed by atoms with van der Waals surface area (Å²) in [6, 6.07) is 12.7. The highest BCUT2D eigenvalue weighted by Gasteiger charge is 2.33. The smallest absolute Gasteiger partial charge is 0.254 e. The number of aromatic nitrogens is 2. The average molecular weight is 456 g/mol. The van der Waals surface area contributed by atoms with Crippen LogP contribution >= 0.6 is 15.9 Å². The van der Waals surface area contributed by atoms with Gasteiger partial charge in [-0.1, -0.05) is 21.1 Å². The number of fused-ring (bicyclic) bond motifs is 1. The number of carbonyl (C=O) groups excluding carboxylic acids is 1. The summed E-state index contributed by atoms with van der Waals surface area (Å²) < 4.78 is 17.3. The number of carbonyl (C=O) groups is 1. The van der Waals surface area contributed by atoms with Crippen molar-refractivity contribution in [1.29, 1.82) is 0 Å². The van der Waals surface area contributed by atoms with Crippen molar-refractivity contribution in [3.8, 4) is 22.9 Å². The molecule has 1 fully saturated rings. The Morgan fingerprint density at radius 1 is 1.07 bits per heavy atom. The summed E-state index contributed by atoms with van der Waals surface area (Å²) in [6.45, 7) is 0.827. The van der Waals surface area contributed by atoms with E-state index >= 15 is 0 Å². The molecule has 1 unspecified atom stereocenters. The third-order valence-electron chi connectivity index (χ3n) is 5.21. The quantitative estimate of drug-likeness (QED) is 0.574. The van der Waals surface area contributed by atoms with Gasteiger partial charge in [-0.3, -0.25) is 4.79 Å². The molecule has 1 saturated heterocycles. The predicted molar refractivity (Wildman–Crippen MR) is 108 cm³/mol. The summed E-state index contributed by atoms with van der Waals surface area (Å²) in [5.74, 6) is 2.18.